The van der Waals surface area contributed by atoms with Crippen LogP contribution in [0, 0.1) is 29.6 Å². The van der Waals surface area contributed by atoms with E-state index >= 15 is 0 Å². The highest BCUT2D eigenvalue weighted by Crippen LogP contribution is 2.29. The number of allylic oxidation sites excluding steroid dienone is 6. The molecule has 1 aliphatic carbocycles. The highest BCUT2D eigenvalue weighted by atomic mass is 16.5. The van der Waals surface area contributed by atoms with Gasteiger partial charge in [0, 0.05) is 40.9 Å². The fourth-order valence-electron chi connectivity index (χ4n) is 7.51. The third-order valence-corrected chi connectivity index (χ3v) is 10.7. The van der Waals surface area contributed by atoms with E-state index in [9.17, 15) is 19.2 Å². The van der Waals surface area contributed by atoms with Crippen LogP contribution in [0.2, 0.25) is 0 Å². The average Bonchev–Trinajstić information content (AvgIpc) is 3.75. The van der Waals surface area contributed by atoms with Crippen LogP contribution in [-0.2, 0) is 28.7 Å². The van der Waals surface area contributed by atoms with Gasteiger partial charge in [0.15, 0.2) is 0 Å². The Morgan fingerprint density at radius 1 is 1.00 bits per heavy atom. The summed E-state index contributed by atoms with van der Waals surface area (Å²) in [6.45, 7) is 12.4. The number of amides is 4. The molecule has 3 rings (SSSR count). The second-order valence-corrected chi connectivity index (χ2v) is 14.4. The number of carbonyl (C=O) groups excluding carboxylic acids is 4. The van der Waals surface area contributed by atoms with E-state index < -0.39 is 30.2 Å². The van der Waals surface area contributed by atoms with Crippen molar-refractivity contribution < 1.29 is 28.7 Å². The second-order valence-electron chi connectivity index (χ2n) is 14.4. The molecule has 2 aliphatic heterocycles. The first-order valence-electron chi connectivity index (χ1n) is 18.4. The number of nitrogens with one attached hydrogen (secondary N) is 3. The molecule has 11 nitrogen and oxygen atoms in total. The van der Waals surface area contributed by atoms with Gasteiger partial charge in [0.25, 0.3) is 0 Å². The minimum atomic E-state index is -0.687. The first-order valence-corrected chi connectivity index (χ1v) is 18.4. The zero-order valence-electron chi connectivity index (χ0n) is 31.2. The molecule has 0 spiro atoms. The second kappa shape index (κ2) is 20.0. The van der Waals surface area contributed by atoms with Crippen molar-refractivity contribution in [3.05, 3.63) is 36.5 Å². The number of likely N-dealkylation sites (tertiary alicyclic amines) is 1. The van der Waals surface area contributed by atoms with Gasteiger partial charge in [0.05, 0.1) is 42.5 Å². The van der Waals surface area contributed by atoms with E-state index in [-0.39, 0.29) is 59.8 Å². The van der Waals surface area contributed by atoms with Crippen molar-refractivity contribution in [3.63, 3.8) is 0 Å². The van der Waals surface area contributed by atoms with Crippen molar-refractivity contribution >= 4 is 23.6 Å². The fraction of sp³-hybridized carbons (Fsp3) is 0.737. The van der Waals surface area contributed by atoms with Gasteiger partial charge in [-0.3, -0.25) is 19.2 Å². The Labute approximate surface area is 294 Å². The molecule has 2 unspecified atom stereocenters. The van der Waals surface area contributed by atoms with Crippen LogP contribution in [0.1, 0.15) is 73.1 Å². The fourth-order valence-corrected chi connectivity index (χ4v) is 7.51. The first-order chi connectivity index (χ1) is 23.4. The number of nitrogens with zero attached hydrogens (tertiary/aromatic N) is 2. The molecule has 0 aromatic rings. The number of methoxy groups -OCH3 is 2. The summed E-state index contributed by atoms with van der Waals surface area (Å²) in [5.41, 5.74) is 0. The van der Waals surface area contributed by atoms with Crippen molar-refractivity contribution in [2.24, 2.45) is 29.6 Å². The summed E-state index contributed by atoms with van der Waals surface area (Å²) >= 11 is 0. The van der Waals surface area contributed by atoms with Crippen LogP contribution in [0.25, 0.3) is 0 Å². The maximum atomic E-state index is 14.1. The Bertz CT molecular complexity index is 1170. The molecule has 276 valence electrons. The Balaban J connectivity index is 1.68. The zero-order valence-corrected chi connectivity index (χ0v) is 31.2. The Morgan fingerprint density at radius 3 is 2.27 bits per heavy atom. The van der Waals surface area contributed by atoms with Crippen LogP contribution < -0.4 is 16.0 Å². The number of hydrogen-bond donors (Lipinski definition) is 3. The molecule has 3 N–H and O–H groups in total. The molecular weight excluding hydrogens is 622 g/mol. The normalized spacial score (nSPS) is 23.1. The minimum Gasteiger partial charge on any atom is -0.379 e. The zero-order chi connectivity index (χ0) is 36.1. The van der Waals surface area contributed by atoms with Gasteiger partial charge in [-0.25, -0.2) is 0 Å². The lowest BCUT2D eigenvalue weighted by molar-refractivity contribution is -0.147. The van der Waals surface area contributed by atoms with E-state index in [2.05, 4.69) is 41.9 Å². The molecule has 2 fully saturated rings. The molecule has 0 saturated carbocycles. The monoisotopic (exact) mass is 685 g/mol. The number of likely N-dealkylation sites (N-methyl/N-ethyl adjacent to an activating group) is 1. The molecule has 0 aromatic heterocycles. The number of hydrogen-bond acceptors (Lipinski definition) is 7. The van der Waals surface area contributed by atoms with E-state index in [0.717, 1.165) is 38.6 Å². The lowest BCUT2D eigenvalue weighted by Crippen LogP contribution is -2.58. The first kappa shape index (κ1) is 40.4. The van der Waals surface area contributed by atoms with Crippen LogP contribution in [0.3, 0.4) is 0 Å². The van der Waals surface area contributed by atoms with Gasteiger partial charge < -0.3 is 35.2 Å². The minimum absolute atomic E-state index is 0.0271. The van der Waals surface area contributed by atoms with Crippen LogP contribution in [0.15, 0.2) is 36.5 Å². The summed E-state index contributed by atoms with van der Waals surface area (Å²) < 4.78 is 11.9. The highest BCUT2D eigenvalue weighted by Gasteiger charge is 2.43. The molecule has 0 radical (unpaired) electrons. The topological polar surface area (TPSA) is 129 Å². The quantitative estimate of drug-likeness (QED) is 0.202. The van der Waals surface area contributed by atoms with Gasteiger partial charge in [-0.2, -0.15) is 0 Å². The summed E-state index contributed by atoms with van der Waals surface area (Å²) in [6.07, 6.45) is 15.2. The van der Waals surface area contributed by atoms with Crippen LogP contribution >= 0.6 is 0 Å². The van der Waals surface area contributed by atoms with E-state index in [1.165, 1.54) is 0 Å². The maximum absolute atomic E-state index is 14.1. The summed E-state index contributed by atoms with van der Waals surface area (Å²) in [5, 5.41) is 9.32. The molecule has 49 heavy (non-hydrogen) atoms. The molecule has 3 aliphatic rings. The predicted molar refractivity (Wildman–Crippen MR) is 192 cm³/mol. The predicted octanol–water partition coefficient (Wildman–Crippen LogP) is 3.46. The molecular formula is C38H63N5O6. The SMILES string of the molecule is CC[C@H](C)[C@@H](C(CC(=O)N1CCC[C@H]1[C@H](OC)[C@@H](C)C(=O)NCCC1C=CC=CC=C1)OC)N(C)C(=O)[C@@H](NC(=O)C1CCNC1)C(C)C. The van der Waals surface area contributed by atoms with Crippen molar-refractivity contribution in [3.8, 4) is 0 Å². The van der Waals surface area contributed by atoms with Crippen LogP contribution in [-0.4, -0.2) is 111 Å². The largest absolute Gasteiger partial charge is 0.379 e. The van der Waals surface area contributed by atoms with Crippen LogP contribution in [0.5, 0.6) is 0 Å². The molecule has 4 amide bonds. The molecule has 8 atom stereocenters. The van der Waals surface area contributed by atoms with E-state index in [4.69, 9.17) is 9.47 Å². The van der Waals surface area contributed by atoms with Crippen molar-refractivity contribution in [1.29, 1.82) is 0 Å². The van der Waals surface area contributed by atoms with E-state index in [1.807, 2.05) is 50.0 Å². The Morgan fingerprint density at radius 2 is 1.69 bits per heavy atom. The lowest BCUT2D eigenvalue weighted by Gasteiger charge is -2.41. The smallest absolute Gasteiger partial charge is 0.245 e. The summed E-state index contributed by atoms with van der Waals surface area (Å²) in [5.74, 6) is -0.893. The van der Waals surface area contributed by atoms with Gasteiger partial charge in [0.1, 0.15) is 6.04 Å². The van der Waals surface area contributed by atoms with Gasteiger partial charge in [-0.1, -0.05) is 77.5 Å². The molecule has 0 bridgehead atoms. The van der Waals surface area contributed by atoms with Gasteiger partial charge in [-0.05, 0) is 50.0 Å². The average molecular weight is 686 g/mol. The summed E-state index contributed by atoms with van der Waals surface area (Å²) in [7, 11) is 4.95. The number of carbonyl (C=O) groups is 4. The third-order valence-electron chi connectivity index (χ3n) is 10.7. The van der Waals surface area contributed by atoms with Crippen molar-refractivity contribution in [2.45, 2.75) is 103 Å². The van der Waals surface area contributed by atoms with Crippen molar-refractivity contribution in [2.75, 3.05) is 47.4 Å². The highest BCUT2D eigenvalue weighted by molar-refractivity contribution is 5.89. The van der Waals surface area contributed by atoms with Crippen molar-refractivity contribution in [1.82, 2.24) is 25.8 Å². The standard InChI is InChI=1S/C38H63N5O6/c1-9-26(4)34(42(6)38(47)33(25(2)3)41-37(46)29-19-20-39-24-29)31(48-7)23-32(44)43-22-14-17-30(43)35(49-8)27(5)36(45)40-21-18-28-15-12-10-11-13-16-28/h10-13,15-16,25-31,33-35,39H,9,14,17-24H2,1-8H3,(H,40,45)(H,41,46)/t26-,27+,29?,30-,31?,33-,34-,35+/m0/s1. The van der Waals surface area contributed by atoms with Crippen LogP contribution in [0.4, 0.5) is 0 Å². The van der Waals surface area contributed by atoms with E-state index in [1.54, 1.807) is 26.2 Å². The Kier molecular flexibility index (Phi) is 16.5. The van der Waals surface area contributed by atoms with E-state index in [0.29, 0.717) is 19.6 Å². The summed E-state index contributed by atoms with van der Waals surface area (Å²) in [6, 6.07) is -1.33. The summed E-state index contributed by atoms with van der Waals surface area (Å²) in [4.78, 5) is 57.9. The maximum Gasteiger partial charge on any atom is 0.245 e. The number of rotatable bonds is 18. The Hall–Kier alpha value is -3.02. The van der Waals surface area contributed by atoms with Gasteiger partial charge in [-0.15, -0.1) is 0 Å². The molecule has 2 saturated heterocycles. The molecule has 2 heterocycles. The van der Waals surface area contributed by atoms with Gasteiger partial charge >= 0.3 is 0 Å². The lowest BCUT2D eigenvalue weighted by atomic mass is 9.89. The molecule has 0 aromatic carbocycles. The van der Waals surface area contributed by atoms with Gasteiger partial charge in [0.2, 0.25) is 23.6 Å². The molecule has 11 heteroatoms. The number of ether oxygens (including phenoxy) is 2. The third kappa shape index (κ3) is 11.0.